The summed E-state index contributed by atoms with van der Waals surface area (Å²) in [4.78, 5) is 28.6. The molecular formula is C30H35Cl2N3O4S. The van der Waals surface area contributed by atoms with Crippen LogP contribution in [-0.4, -0.2) is 43.3 Å². The molecule has 0 aliphatic rings. The predicted molar refractivity (Wildman–Crippen MR) is 161 cm³/mol. The van der Waals surface area contributed by atoms with Crippen LogP contribution in [0.2, 0.25) is 10.0 Å². The number of carbonyl (C=O) groups excluding carboxylic acids is 2. The van der Waals surface area contributed by atoms with Crippen LogP contribution in [0.1, 0.15) is 44.4 Å². The SMILES string of the molecule is Cc1ccc(N(CC(=O)N(Cc2c(Cl)cccc2Cl)[C@@H](C)C(=O)NC(C)(C)C)S(=O)(=O)c2ccccc2)cc1C. The van der Waals surface area contributed by atoms with Crippen molar-refractivity contribution in [2.24, 2.45) is 0 Å². The average molecular weight is 605 g/mol. The Balaban J connectivity index is 2.09. The summed E-state index contributed by atoms with van der Waals surface area (Å²) in [6.07, 6.45) is 0. The Morgan fingerprint density at radius 3 is 2.05 bits per heavy atom. The summed E-state index contributed by atoms with van der Waals surface area (Å²) in [5.74, 6) is -0.988. The fourth-order valence-corrected chi connectivity index (χ4v) is 5.98. The van der Waals surface area contributed by atoms with Crippen molar-refractivity contribution in [2.45, 2.75) is 64.6 Å². The number of aryl methyl sites for hydroxylation is 2. The number of rotatable bonds is 9. The van der Waals surface area contributed by atoms with E-state index in [-0.39, 0.29) is 11.4 Å². The topological polar surface area (TPSA) is 86.8 Å². The van der Waals surface area contributed by atoms with Gasteiger partial charge in [-0.05, 0) is 89.1 Å². The summed E-state index contributed by atoms with van der Waals surface area (Å²) >= 11 is 12.9. The highest BCUT2D eigenvalue weighted by Gasteiger charge is 2.34. The zero-order valence-corrected chi connectivity index (χ0v) is 25.9. The molecule has 3 aromatic rings. The normalized spacial score (nSPS) is 12.5. The van der Waals surface area contributed by atoms with Crippen LogP contribution < -0.4 is 9.62 Å². The standard InChI is InChI=1S/C30H35Cl2N3O4S/c1-20-15-16-23(17-21(20)2)35(40(38,39)24-11-8-7-9-12-24)19-28(36)34(22(3)29(37)33-30(4,5)6)18-25-26(31)13-10-14-27(25)32/h7-17,22H,18-19H2,1-6H3,(H,33,37)/t22-/m0/s1. The van der Waals surface area contributed by atoms with Crippen LogP contribution >= 0.6 is 23.2 Å². The highest BCUT2D eigenvalue weighted by atomic mass is 35.5. The molecule has 3 rings (SSSR count). The third-order valence-electron chi connectivity index (χ3n) is 6.44. The van der Waals surface area contributed by atoms with Crippen molar-refractivity contribution in [1.82, 2.24) is 10.2 Å². The number of amides is 2. The summed E-state index contributed by atoms with van der Waals surface area (Å²) < 4.78 is 28.8. The Morgan fingerprint density at radius 1 is 0.900 bits per heavy atom. The van der Waals surface area contributed by atoms with Gasteiger partial charge in [0.1, 0.15) is 12.6 Å². The number of anilines is 1. The number of carbonyl (C=O) groups is 2. The van der Waals surface area contributed by atoms with Gasteiger partial charge in [-0.2, -0.15) is 0 Å². The second-order valence-electron chi connectivity index (χ2n) is 10.7. The number of nitrogens with one attached hydrogen (secondary N) is 1. The summed E-state index contributed by atoms with van der Waals surface area (Å²) in [6, 6.07) is 17.1. The number of sulfonamides is 1. The van der Waals surface area contributed by atoms with Crippen LogP contribution in [0.15, 0.2) is 71.6 Å². The molecule has 10 heteroatoms. The molecular weight excluding hydrogens is 569 g/mol. The van der Waals surface area contributed by atoms with Crippen LogP contribution in [-0.2, 0) is 26.2 Å². The first-order valence-corrected chi connectivity index (χ1v) is 15.0. The summed E-state index contributed by atoms with van der Waals surface area (Å²) in [5, 5.41) is 3.55. The number of nitrogens with zero attached hydrogens (tertiary/aromatic N) is 2. The van der Waals surface area contributed by atoms with Crippen LogP contribution in [0, 0.1) is 13.8 Å². The van der Waals surface area contributed by atoms with Crippen molar-refractivity contribution in [3.05, 3.63) is 93.5 Å². The zero-order chi connectivity index (χ0) is 29.8. The molecule has 214 valence electrons. The second kappa shape index (κ2) is 12.6. The third-order valence-corrected chi connectivity index (χ3v) is 8.94. The molecule has 0 saturated heterocycles. The van der Waals surface area contributed by atoms with Gasteiger partial charge < -0.3 is 10.2 Å². The lowest BCUT2D eigenvalue weighted by molar-refractivity contribution is -0.140. The van der Waals surface area contributed by atoms with E-state index in [9.17, 15) is 18.0 Å². The molecule has 0 aromatic heterocycles. The van der Waals surface area contributed by atoms with E-state index >= 15 is 0 Å². The van der Waals surface area contributed by atoms with Crippen molar-refractivity contribution in [2.75, 3.05) is 10.8 Å². The van der Waals surface area contributed by atoms with E-state index < -0.39 is 40.0 Å². The lowest BCUT2D eigenvalue weighted by Gasteiger charge is -2.34. The van der Waals surface area contributed by atoms with Crippen LogP contribution in [0.5, 0.6) is 0 Å². The first-order chi connectivity index (χ1) is 18.6. The Labute approximate surface area is 247 Å². The smallest absolute Gasteiger partial charge is 0.264 e. The summed E-state index contributed by atoms with van der Waals surface area (Å²) in [7, 11) is -4.14. The predicted octanol–water partition coefficient (Wildman–Crippen LogP) is 6.14. The maximum absolute atomic E-state index is 14.0. The van der Waals surface area contributed by atoms with Crippen LogP contribution in [0.3, 0.4) is 0 Å². The lowest BCUT2D eigenvalue weighted by Crippen LogP contribution is -2.54. The van der Waals surface area contributed by atoms with Gasteiger partial charge >= 0.3 is 0 Å². The highest BCUT2D eigenvalue weighted by molar-refractivity contribution is 7.92. The average Bonchev–Trinajstić information content (AvgIpc) is 2.88. The molecule has 1 N–H and O–H groups in total. The molecule has 3 aromatic carbocycles. The van der Waals surface area contributed by atoms with E-state index in [0.29, 0.717) is 21.3 Å². The lowest BCUT2D eigenvalue weighted by atomic mass is 10.1. The van der Waals surface area contributed by atoms with Gasteiger partial charge in [0.2, 0.25) is 11.8 Å². The minimum Gasteiger partial charge on any atom is -0.350 e. The van der Waals surface area contributed by atoms with E-state index in [4.69, 9.17) is 23.2 Å². The quantitative estimate of drug-likeness (QED) is 0.318. The van der Waals surface area contributed by atoms with Crippen LogP contribution in [0.25, 0.3) is 0 Å². The number of hydrogen-bond acceptors (Lipinski definition) is 4. The molecule has 1 atom stereocenters. The fourth-order valence-electron chi connectivity index (χ4n) is 4.04. The van der Waals surface area contributed by atoms with Gasteiger partial charge in [0.05, 0.1) is 10.6 Å². The van der Waals surface area contributed by atoms with Gasteiger partial charge in [0.15, 0.2) is 0 Å². The van der Waals surface area contributed by atoms with E-state index in [0.717, 1.165) is 15.4 Å². The zero-order valence-electron chi connectivity index (χ0n) is 23.5. The molecule has 0 heterocycles. The van der Waals surface area contributed by atoms with Gasteiger partial charge in [-0.15, -0.1) is 0 Å². The van der Waals surface area contributed by atoms with Gasteiger partial charge in [0.25, 0.3) is 10.0 Å². The van der Waals surface area contributed by atoms with E-state index in [1.165, 1.54) is 17.0 Å². The van der Waals surface area contributed by atoms with Gasteiger partial charge in [-0.3, -0.25) is 13.9 Å². The Morgan fingerprint density at radius 2 is 1.50 bits per heavy atom. The third kappa shape index (κ3) is 7.56. The molecule has 40 heavy (non-hydrogen) atoms. The Bertz CT molecular complexity index is 1470. The van der Waals surface area contributed by atoms with Crippen molar-refractivity contribution >= 4 is 50.7 Å². The fraction of sp³-hybridized carbons (Fsp3) is 0.333. The van der Waals surface area contributed by atoms with Gasteiger partial charge in [-0.25, -0.2) is 8.42 Å². The van der Waals surface area contributed by atoms with E-state index in [1.807, 2.05) is 40.7 Å². The van der Waals surface area contributed by atoms with Crippen molar-refractivity contribution < 1.29 is 18.0 Å². The molecule has 0 spiro atoms. The van der Waals surface area contributed by atoms with Crippen molar-refractivity contribution in [3.63, 3.8) is 0 Å². The Hall–Kier alpha value is -3.07. The van der Waals surface area contributed by atoms with Crippen LogP contribution in [0.4, 0.5) is 5.69 Å². The molecule has 2 amide bonds. The first kappa shape index (κ1) is 31.5. The first-order valence-electron chi connectivity index (χ1n) is 12.8. The molecule has 0 radical (unpaired) electrons. The number of halogens is 2. The number of hydrogen-bond donors (Lipinski definition) is 1. The number of benzene rings is 3. The maximum atomic E-state index is 14.0. The molecule has 0 saturated carbocycles. The second-order valence-corrected chi connectivity index (χ2v) is 13.4. The minimum atomic E-state index is -4.14. The Kier molecular flexibility index (Phi) is 9.93. The maximum Gasteiger partial charge on any atom is 0.264 e. The monoisotopic (exact) mass is 603 g/mol. The largest absolute Gasteiger partial charge is 0.350 e. The molecule has 0 aliphatic heterocycles. The molecule has 0 aliphatic carbocycles. The van der Waals surface area contributed by atoms with Gasteiger partial charge in [-0.1, -0.05) is 53.5 Å². The van der Waals surface area contributed by atoms with E-state index in [1.54, 1.807) is 55.5 Å². The minimum absolute atomic E-state index is 0.0419. The van der Waals surface area contributed by atoms with Crippen molar-refractivity contribution in [1.29, 1.82) is 0 Å². The highest BCUT2D eigenvalue weighted by Crippen LogP contribution is 2.29. The summed E-state index contributed by atoms with van der Waals surface area (Å²) in [6.45, 7) is 10.3. The molecule has 7 nitrogen and oxygen atoms in total. The molecule has 0 unspecified atom stereocenters. The van der Waals surface area contributed by atoms with Crippen molar-refractivity contribution in [3.8, 4) is 0 Å². The summed E-state index contributed by atoms with van der Waals surface area (Å²) in [5.41, 5.74) is 2.09. The van der Waals surface area contributed by atoms with E-state index in [2.05, 4.69) is 5.32 Å². The molecule has 0 fully saturated rings. The van der Waals surface area contributed by atoms with Gasteiger partial charge in [0, 0.05) is 27.7 Å². The molecule has 0 bridgehead atoms.